The van der Waals surface area contributed by atoms with Crippen LogP contribution in [0.5, 0.6) is 5.75 Å². The molecule has 148 valence electrons. The molecule has 0 saturated heterocycles. The highest BCUT2D eigenvalue weighted by atomic mass is 32.2. The summed E-state index contributed by atoms with van der Waals surface area (Å²) in [6, 6.07) is 15.2. The molecule has 0 bridgehead atoms. The monoisotopic (exact) mass is 412 g/mol. The van der Waals surface area contributed by atoms with Crippen LogP contribution in [0.15, 0.2) is 58.2 Å². The third-order valence-corrected chi connectivity index (χ3v) is 4.58. The third-order valence-electron chi connectivity index (χ3n) is 3.76. The molecule has 0 saturated carbocycles. The molecule has 0 spiro atoms. The van der Waals surface area contributed by atoms with Crippen LogP contribution in [0.1, 0.15) is 24.5 Å². The Hall–Kier alpha value is -3.38. The van der Waals surface area contributed by atoms with Gasteiger partial charge in [-0.05, 0) is 36.8 Å². The number of nitrogens with one attached hydrogen (secondary N) is 1. The lowest BCUT2D eigenvalue weighted by atomic mass is 10.1. The van der Waals surface area contributed by atoms with Crippen LogP contribution >= 0.6 is 11.8 Å². The average molecular weight is 412 g/mol. The number of hydrogen-bond acceptors (Lipinski definition) is 7. The number of benzene rings is 2. The molecule has 1 atom stereocenters. The van der Waals surface area contributed by atoms with Crippen LogP contribution in [0.25, 0.3) is 0 Å². The molecule has 0 aliphatic rings. The van der Waals surface area contributed by atoms with Crippen molar-refractivity contribution in [1.82, 2.24) is 10.2 Å². The highest BCUT2D eigenvalue weighted by Gasteiger charge is 2.18. The highest BCUT2D eigenvalue weighted by molar-refractivity contribution is 7.99. The lowest BCUT2D eigenvalue weighted by molar-refractivity contribution is -0.113. The first-order valence-corrected chi connectivity index (χ1v) is 9.67. The summed E-state index contributed by atoms with van der Waals surface area (Å²) >= 11 is 1.08. The molecule has 0 unspecified atom stereocenters. The number of aromatic nitrogens is 2. The number of carbonyl (C=O) groups excluding carboxylic acids is 1. The molecular weight excluding hydrogens is 395 g/mol. The molecular formula is C20H17FN4O3S. The van der Waals surface area contributed by atoms with Gasteiger partial charge in [0.2, 0.25) is 5.91 Å². The standard InChI is InChI=1S/C20H17FN4O3S/c1-13(27-17-5-3-2-4-16(17)21)19-24-25-20(28-19)29-12-18(26)23-15-8-6-14(7-9-15)10-11-22/h2-9,13H,10,12H2,1H3,(H,23,26)/t13-/m0/s1. The lowest BCUT2D eigenvalue weighted by Crippen LogP contribution is -2.13. The molecule has 1 aromatic heterocycles. The lowest BCUT2D eigenvalue weighted by Gasteiger charge is -2.11. The van der Waals surface area contributed by atoms with Gasteiger partial charge in [-0.2, -0.15) is 5.26 Å². The molecule has 2 aromatic carbocycles. The summed E-state index contributed by atoms with van der Waals surface area (Å²) in [6.45, 7) is 1.66. The summed E-state index contributed by atoms with van der Waals surface area (Å²) in [4.78, 5) is 12.1. The minimum atomic E-state index is -0.644. The number of halogens is 1. The maximum atomic E-state index is 13.7. The van der Waals surface area contributed by atoms with Crippen LogP contribution in [0.3, 0.4) is 0 Å². The van der Waals surface area contributed by atoms with Gasteiger partial charge < -0.3 is 14.5 Å². The molecule has 9 heteroatoms. The minimum Gasteiger partial charge on any atom is -0.478 e. The maximum Gasteiger partial charge on any atom is 0.277 e. The number of anilines is 1. The number of ether oxygens (including phenoxy) is 1. The van der Waals surface area contributed by atoms with E-state index in [4.69, 9.17) is 14.4 Å². The molecule has 1 N–H and O–H groups in total. The van der Waals surface area contributed by atoms with Gasteiger partial charge in [-0.1, -0.05) is 36.0 Å². The first kappa shape index (κ1) is 20.4. The van der Waals surface area contributed by atoms with Gasteiger partial charge in [0.05, 0.1) is 18.2 Å². The summed E-state index contributed by atoms with van der Waals surface area (Å²) < 4.78 is 24.6. The fourth-order valence-electron chi connectivity index (χ4n) is 2.35. The third kappa shape index (κ3) is 5.80. The summed E-state index contributed by atoms with van der Waals surface area (Å²) in [7, 11) is 0. The number of hydrogen-bond donors (Lipinski definition) is 1. The Morgan fingerprint density at radius 2 is 2.03 bits per heavy atom. The molecule has 3 rings (SSSR count). The Labute approximate surface area is 170 Å². The van der Waals surface area contributed by atoms with Gasteiger partial charge in [0.1, 0.15) is 0 Å². The van der Waals surface area contributed by atoms with Crippen molar-refractivity contribution in [2.75, 3.05) is 11.1 Å². The summed E-state index contributed by atoms with van der Waals surface area (Å²) in [5, 5.41) is 19.4. The number of thioether (sulfide) groups is 1. The Balaban J connectivity index is 1.50. The zero-order valence-corrected chi connectivity index (χ0v) is 16.3. The molecule has 1 amide bonds. The predicted octanol–water partition coefficient (Wildman–Crippen LogP) is 4.15. The molecule has 7 nitrogen and oxygen atoms in total. The number of rotatable bonds is 8. The van der Waals surface area contributed by atoms with Crippen LogP contribution in [0, 0.1) is 17.1 Å². The van der Waals surface area contributed by atoms with Crippen molar-refractivity contribution in [2.45, 2.75) is 24.7 Å². The van der Waals surface area contributed by atoms with E-state index in [2.05, 4.69) is 21.6 Å². The molecule has 0 aliphatic carbocycles. The van der Waals surface area contributed by atoms with Gasteiger partial charge in [-0.3, -0.25) is 4.79 Å². The quantitative estimate of drug-likeness (QED) is 0.555. The van der Waals surface area contributed by atoms with E-state index in [-0.39, 0.29) is 28.5 Å². The van der Waals surface area contributed by atoms with E-state index in [1.54, 1.807) is 43.3 Å². The zero-order chi connectivity index (χ0) is 20.6. The molecule has 3 aromatic rings. The summed E-state index contributed by atoms with van der Waals surface area (Å²) in [5.41, 5.74) is 1.51. The van der Waals surface area contributed by atoms with Crippen molar-refractivity contribution in [3.8, 4) is 11.8 Å². The topological polar surface area (TPSA) is 101 Å². The van der Waals surface area contributed by atoms with Gasteiger partial charge in [0, 0.05) is 5.69 Å². The van der Waals surface area contributed by atoms with E-state index in [9.17, 15) is 9.18 Å². The van der Waals surface area contributed by atoms with Crippen molar-refractivity contribution in [3.05, 3.63) is 65.8 Å². The molecule has 0 radical (unpaired) electrons. The smallest absolute Gasteiger partial charge is 0.277 e. The van der Waals surface area contributed by atoms with Crippen LogP contribution in [0.4, 0.5) is 10.1 Å². The minimum absolute atomic E-state index is 0.0735. The van der Waals surface area contributed by atoms with E-state index >= 15 is 0 Å². The summed E-state index contributed by atoms with van der Waals surface area (Å²) in [5.74, 6) is -0.370. The fraction of sp³-hybridized carbons (Fsp3) is 0.200. The second-order valence-electron chi connectivity index (χ2n) is 5.97. The van der Waals surface area contributed by atoms with Gasteiger partial charge in [-0.25, -0.2) is 4.39 Å². The number of para-hydroxylation sites is 1. The highest BCUT2D eigenvalue weighted by Crippen LogP contribution is 2.25. The molecule has 29 heavy (non-hydrogen) atoms. The van der Waals surface area contributed by atoms with Gasteiger partial charge >= 0.3 is 0 Å². The predicted molar refractivity (Wildman–Crippen MR) is 105 cm³/mol. The SMILES string of the molecule is C[C@H](Oc1ccccc1F)c1nnc(SCC(=O)Nc2ccc(CC#N)cc2)o1. The Kier molecular flexibility index (Phi) is 6.81. The Bertz CT molecular complexity index is 1020. The van der Waals surface area contributed by atoms with E-state index in [1.807, 2.05) is 0 Å². The normalized spacial score (nSPS) is 11.5. The van der Waals surface area contributed by atoms with Crippen molar-refractivity contribution < 1.29 is 18.3 Å². The van der Waals surface area contributed by atoms with Crippen molar-refractivity contribution >= 4 is 23.4 Å². The average Bonchev–Trinajstić information content (AvgIpc) is 3.19. The Morgan fingerprint density at radius 3 is 2.76 bits per heavy atom. The number of nitrogens with zero attached hydrogens (tertiary/aromatic N) is 3. The van der Waals surface area contributed by atoms with Gasteiger partial charge in [-0.15, -0.1) is 10.2 Å². The first-order valence-electron chi connectivity index (χ1n) is 8.68. The zero-order valence-electron chi connectivity index (χ0n) is 15.5. The van der Waals surface area contributed by atoms with Crippen molar-refractivity contribution in [1.29, 1.82) is 5.26 Å². The second-order valence-corrected chi connectivity index (χ2v) is 6.89. The Morgan fingerprint density at radius 1 is 1.28 bits per heavy atom. The van der Waals surface area contributed by atoms with Gasteiger partial charge in [0.25, 0.3) is 11.1 Å². The molecule has 0 fully saturated rings. The molecule has 1 heterocycles. The van der Waals surface area contributed by atoms with E-state index in [0.717, 1.165) is 17.3 Å². The van der Waals surface area contributed by atoms with Crippen molar-refractivity contribution in [3.63, 3.8) is 0 Å². The van der Waals surface area contributed by atoms with E-state index in [0.29, 0.717) is 12.1 Å². The fourth-order valence-corrected chi connectivity index (χ4v) is 2.92. The summed E-state index contributed by atoms with van der Waals surface area (Å²) in [6.07, 6.45) is -0.322. The van der Waals surface area contributed by atoms with Crippen LogP contribution in [-0.2, 0) is 11.2 Å². The van der Waals surface area contributed by atoms with Crippen LogP contribution in [0.2, 0.25) is 0 Å². The number of nitriles is 1. The maximum absolute atomic E-state index is 13.7. The molecule has 0 aliphatic heterocycles. The van der Waals surface area contributed by atoms with Crippen LogP contribution in [-0.4, -0.2) is 21.9 Å². The second kappa shape index (κ2) is 9.71. The largest absolute Gasteiger partial charge is 0.478 e. The van der Waals surface area contributed by atoms with Crippen molar-refractivity contribution in [2.24, 2.45) is 0 Å². The van der Waals surface area contributed by atoms with Gasteiger partial charge in [0.15, 0.2) is 17.7 Å². The van der Waals surface area contributed by atoms with Crippen LogP contribution < -0.4 is 10.1 Å². The first-order chi connectivity index (χ1) is 14.0. The number of carbonyl (C=O) groups is 1. The van der Waals surface area contributed by atoms with E-state index in [1.165, 1.54) is 12.1 Å². The number of amides is 1. The van der Waals surface area contributed by atoms with E-state index < -0.39 is 11.9 Å².